The topological polar surface area (TPSA) is 73.7 Å². The predicted molar refractivity (Wildman–Crippen MR) is 108 cm³/mol. The Labute approximate surface area is 166 Å². The summed E-state index contributed by atoms with van der Waals surface area (Å²) in [4.78, 5) is 32.4. The zero-order chi connectivity index (χ0) is 19.7. The molecule has 2 aromatic heterocycles. The monoisotopic (exact) mass is 399 g/mol. The van der Waals surface area contributed by atoms with Crippen LogP contribution < -0.4 is 15.0 Å². The lowest BCUT2D eigenvalue weighted by Gasteiger charge is -2.15. The summed E-state index contributed by atoms with van der Waals surface area (Å²) in [5.74, 6) is 1.17. The Morgan fingerprint density at radius 2 is 1.93 bits per heavy atom. The van der Waals surface area contributed by atoms with Crippen LogP contribution >= 0.6 is 11.3 Å². The first-order valence-electron chi connectivity index (χ1n) is 9.09. The van der Waals surface area contributed by atoms with Gasteiger partial charge in [0, 0.05) is 24.0 Å². The molecule has 1 aliphatic rings. The third-order valence-electron chi connectivity index (χ3n) is 5.02. The lowest BCUT2D eigenvalue weighted by atomic mass is 10.1. The van der Waals surface area contributed by atoms with Crippen LogP contribution in [0.4, 0.5) is 0 Å². The molecule has 7 nitrogen and oxygen atoms in total. The van der Waals surface area contributed by atoms with Crippen LogP contribution in [0, 0.1) is 0 Å². The van der Waals surface area contributed by atoms with Gasteiger partial charge in [-0.2, -0.15) is 0 Å². The van der Waals surface area contributed by atoms with Crippen LogP contribution in [0.3, 0.4) is 0 Å². The largest absolute Gasteiger partial charge is 0.493 e. The second-order valence-corrected chi connectivity index (χ2v) is 7.52. The van der Waals surface area contributed by atoms with E-state index in [4.69, 9.17) is 9.47 Å². The van der Waals surface area contributed by atoms with Crippen LogP contribution in [0.15, 0.2) is 34.7 Å². The number of benzene rings is 1. The maximum atomic E-state index is 13.1. The van der Waals surface area contributed by atoms with Crippen molar-refractivity contribution in [1.29, 1.82) is 0 Å². The Morgan fingerprint density at radius 3 is 2.64 bits per heavy atom. The van der Waals surface area contributed by atoms with Gasteiger partial charge in [0.15, 0.2) is 11.5 Å². The van der Waals surface area contributed by atoms with Crippen molar-refractivity contribution < 1.29 is 14.3 Å². The van der Waals surface area contributed by atoms with Gasteiger partial charge in [0.25, 0.3) is 5.56 Å². The zero-order valence-corrected chi connectivity index (χ0v) is 16.6. The number of hydrogen-bond donors (Lipinski definition) is 0. The van der Waals surface area contributed by atoms with Gasteiger partial charge in [-0.3, -0.25) is 14.2 Å². The normalized spacial score (nSPS) is 13.9. The molecule has 0 aliphatic carbocycles. The van der Waals surface area contributed by atoms with Gasteiger partial charge in [0.05, 0.1) is 25.9 Å². The molecule has 146 valence electrons. The summed E-state index contributed by atoms with van der Waals surface area (Å²) in [6.45, 7) is 1.54. The third kappa shape index (κ3) is 3.24. The van der Waals surface area contributed by atoms with Gasteiger partial charge in [0.2, 0.25) is 5.91 Å². The molecule has 0 N–H and O–H groups in total. The van der Waals surface area contributed by atoms with Crippen molar-refractivity contribution in [2.24, 2.45) is 0 Å². The summed E-state index contributed by atoms with van der Waals surface area (Å²) in [6, 6.07) is 5.53. The summed E-state index contributed by atoms with van der Waals surface area (Å²) in [7, 11) is 3.16. The summed E-state index contributed by atoms with van der Waals surface area (Å²) in [5, 5.41) is 2.43. The molecule has 1 fully saturated rings. The number of methoxy groups -OCH3 is 2. The lowest BCUT2D eigenvalue weighted by molar-refractivity contribution is -0.130. The van der Waals surface area contributed by atoms with Gasteiger partial charge in [-0.1, -0.05) is 6.07 Å². The van der Waals surface area contributed by atoms with Gasteiger partial charge in [-0.15, -0.1) is 11.3 Å². The first-order chi connectivity index (χ1) is 13.6. The molecule has 3 aromatic rings. The fourth-order valence-electron chi connectivity index (χ4n) is 3.51. The highest BCUT2D eigenvalue weighted by Crippen LogP contribution is 2.36. The van der Waals surface area contributed by atoms with E-state index in [1.165, 1.54) is 22.2 Å². The van der Waals surface area contributed by atoms with E-state index < -0.39 is 0 Å². The average Bonchev–Trinajstić information content (AvgIpc) is 3.39. The van der Waals surface area contributed by atoms with E-state index in [0.29, 0.717) is 21.7 Å². The van der Waals surface area contributed by atoms with Gasteiger partial charge in [-0.05, 0) is 30.5 Å². The minimum Gasteiger partial charge on any atom is -0.493 e. The second kappa shape index (κ2) is 7.63. The Hall–Kier alpha value is -2.87. The number of likely N-dealkylation sites (tertiary alicyclic amines) is 1. The summed E-state index contributed by atoms with van der Waals surface area (Å²) in [5.41, 5.74) is 1.41. The molecule has 0 bridgehead atoms. The molecular formula is C20H21N3O4S. The quantitative estimate of drug-likeness (QED) is 0.660. The van der Waals surface area contributed by atoms with Gasteiger partial charge < -0.3 is 14.4 Å². The SMILES string of the molecule is COc1ccc(-c2csc3ncn(CC(=O)N4CCCC4)c(=O)c23)cc1OC. The molecule has 0 saturated carbocycles. The number of fused-ring (bicyclic) bond motifs is 1. The standard InChI is InChI=1S/C20H21N3O4S/c1-26-15-6-5-13(9-16(15)27-2)14-11-28-19-18(14)20(25)23(12-21-19)10-17(24)22-7-3-4-8-22/h5-6,9,11-12H,3-4,7-8,10H2,1-2H3. The van der Waals surface area contributed by atoms with Crippen molar-refractivity contribution in [3.05, 3.63) is 40.3 Å². The number of carbonyl (C=O) groups excluding carboxylic acids is 1. The van der Waals surface area contributed by atoms with Crippen molar-refractivity contribution in [3.63, 3.8) is 0 Å². The van der Waals surface area contributed by atoms with Crippen LogP contribution in [0.5, 0.6) is 11.5 Å². The zero-order valence-electron chi connectivity index (χ0n) is 15.8. The van der Waals surface area contributed by atoms with E-state index >= 15 is 0 Å². The van der Waals surface area contributed by atoms with E-state index in [1.54, 1.807) is 19.1 Å². The molecule has 0 atom stereocenters. The van der Waals surface area contributed by atoms with Crippen molar-refractivity contribution >= 4 is 27.5 Å². The molecule has 3 heterocycles. The molecule has 1 saturated heterocycles. The molecular weight excluding hydrogens is 378 g/mol. The van der Waals surface area contributed by atoms with Gasteiger partial charge in [-0.25, -0.2) is 4.98 Å². The first kappa shape index (κ1) is 18.5. The van der Waals surface area contributed by atoms with Crippen molar-refractivity contribution in [2.45, 2.75) is 19.4 Å². The molecule has 8 heteroatoms. The van der Waals surface area contributed by atoms with Crippen molar-refractivity contribution in [3.8, 4) is 22.6 Å². The summed E-state index contributed by atoms with van der Waals surface area (Å²) in [6.07, 6.45) is 3.51. The Balaban J connectivity index is 1.74. The highest BCUT2D eigenvalue weighted by atomic mass is 32.1. The van der Waals surface area contributed by atoms with Crippen molar-refractivity contribution in [2.75, 3.05) is 27.3 Å². The molecule has 1 aliphatic heterocycles. The highest BCUT2D eigenvalue weighted by molar-refractivity contribution is 7.17. The smallest absolute Gasteiger partial charge is 0.263 e. The van der Waals surface area contributed by atoms with Crippen LogP contribution in [0.2, 0.25) is 0 Å². The molecule has 0 unspecified atom stereocenters. The van der Waals surface area contributed by atoms with Crippen LogP contribution in [-0.4, -0.2) is 47.7 Å². The molecule has 1 amide bonds. The number of nitrogens with zero attached hydrogens (tertiary/aromatic N) is 3. The van der Waals surface area contributed by atoms with E-state index in [-0.39, 0.29) is 18.0 Å². The van der Waals surface area contributed by atoms with Crippen molar-refractivity contribution in [1.82, 2.24) is 14.5 Å². The predicted octanol–water partition coefficient (Wildman–Crippen LogP) is 2.76. The molecule has 0 radical (unpaired) electrons. The number of carbonyl (C=O) groups is 1. The Bertz CT molecular complexity index is 1080. The van der Waals surface area contributed by atoms with E-state index in [1.807, 2.05) is 23.6 Å². The van der Waals surface area contributed by atoms with E-state index in [9.17, 15) is 9.59 Å². The molecule has 1 aromatic carbocycles. The van der Waals surface area contributed by atoms with Crippen LogP contribution in [0.1, 0.15) is 12.8 Å². The fourth-order valence-corrected chi connectivity index (χ4v) is 4.42. The minimum absolute atomic E-state index is 0.0169. The van der Waals surface area contributed by atoms with E-state index in [0.717, 1.165) is 37.1 Å². The average molecular weight is 399 g/mol. The van der Waals surface area contributed by atoms with Crippen LogP contribution in [-0.2, 0) is 11.3 Å². The summed E-state index contributed by atoms with van der Waals surface area (Å²) >= 11 is 1.41. The third-order valence-corrected chi connectivity index (χ3v) is 5.91. The number of thiophene rings is 1. The number of aromatic nitrogens is 2. The number of ether oxygens (including phenoxy) is 2. The summed E-state index contributed by atoms with van der Waals surface area (Å²) < 4.78 is 12.1. The number of rotatable bonds is 5. The lowest BCUT2D eigenvalue weighted by Crippen LogP contribution is -2.34. The first-order valence-corrected chi connectivity index (χ1v) is 9.97. The Kier molecular flexibility index (Phi) is 5.04. The Morgan fingerprint density at radius 1 is 1.18 bits per heavy atom. The molecule has 0 spiro atoms. The number of amides is 1. The fraction of sp³-hybridized carbons (Fsp3) is 0.350. The molecule has 28 heavy (non-hydrogen) atoms. The van der Waals surface area contributed by atoms with Crippen LogP contribution in [0.25, 0.3) is 21.3 Å². The van der Waals surface area contributed by atoms with Gasteiger partial charge in [0.1, 0.15) is 11.4 Å². The van der Waals surface area contributed by atoms with Gasteiger partial charge >= 0.3 is 0 Å². The minimum atomic E-state index is -0.205. The highest BCUT2D eigenvalue weighted by Gasteiger charge is 2.20. The molecule has 4 rings (SSSR count). The maximum absolute atomic E-state index is 13.1. The second-order valence-electron chi connectivity index (χ2n) is 6.66. The number of hydrogen-bond acceptors (Lipinski definition) is 6. The maximum Gasteiger partial charge on any atom is 0.263 e. The van der Waals surface area contributed by atoms with E-state index in [2.05, 4.69) is 4.98 Å².